The first-order chi connectivity index (χ1) is 15.6. The highest BCUT2D eigenvalue weighted by molar-refractivity contribution is 7.99. The van der Waals surface area contributed by atoms with Gasteiger partial charge in [-0.2, -0.15) is 0 Å². The van der Waals surface area contributed by atoms with Crippen LogP contribution in [-0.4, -0.2) is 45.6 Å². The molecule has 0 atom stereocenters. The summed E-state index contributed by atoms with van der Waals surface area (Å²) in [7, 11) is 3.20. The van der Waals surface area contributed by atoms with Crippen LogP contribution < -0.4 is 14.8 Å². The molecule has 1 aliphatic rings. The second kappa shape index (κ2) is 10.4. The quantitative estimate of drug-likeness (QED) is 0.462. The van der Waals surface area contributed by atoms with E-state index in [2.05, 4.69) is 25.1 Å². The number of hydrogen-bond donors (Lipinski definition) is 1. The summed E-state index contributed by atoms with van der Waals surface area (Å²) in [5, 5.41) is 14.7. The van der Waals surface area contributed by atoms with Gasteiger partial charge < -0.3 is 19.4 Å². The van der Waals surface area contributed by atoms with Crippen molar-refractivity contribution in [1.29, 1.82) is 0 Å². The zero-order valence-corrected chi connectivity index (χ0v) is 20.1. The van der Waals surface area contributed by atoms with Crippen molar-refractivity contribution in [2.24, 2.45) is 0 Å². The summed E-state index contributed by atoms with van der Waals surface area (Å²) in [5.41, 5.74) is 1.66. The van der Waals surface area contributed by atoms with Crippen LogP contribution in [0.15, 0.2) is 28.7 Å². The third-order valence-electron chi connectivity index (χ3n) is 5.54. The van der Waals surface area contributed by atoms with Gasteiger partial charge in [0.2, 0.25) is 5.91 Å². The normalized spacial score (nSPS) is 14.3. The zero-order chi connectivity index (χ0) is 22.5. The molecule has 0 spiro atoms. The Morgan fingerprint density at radius 2 is 1.97 bits per heavy atom. The number of thioether (sulfide) groups is 1. The molecule has 0 unspecified atom stereocenters. The molecule has 1 aliphatic carbocycles. The van der Waals surface area contributed by atoms with E-state index in [9.17, 15) is 4.79 Å². The highest BCUT2D eigenvalue weighted by Crippen LogP contribution is 2.34. The van der Waals surface area contributed by atoms with E-state index in [-0.39, 0.29) is 11.7 Å². The van der Waals surface area contributed by atoms with E-state index in [1.807, 2.05) is 30.5 Å². The molecule has 1 saturated carbocycles. The number of aromatic nitrogens is 4. The molecule has 0 saturated heterocycles. The van der Waals surface area contributed by atoms with Gasteiger partial charge in [0.1, 0.15) is 5.82 Å². The summed E-state index contributed by atoms with van der Waals surface area (Å²) < 4.78 is 12.9. The maximum Gasteiger partial charge on any atom is 0.236 e. The van der Waals surface area contributed by atoms with Gasteiger partial charge in [0.05, 0.1) is 25.7 Å². The Bertz CT molecular complexity index is 1080. The van der Waals surface area contributed by atoms with Crippen LogP contribution in [0.1, 0.15) is 44.0 Å². The van der Waals surface area contributed by atoms with E-state index >= 15 is 0 Å². The number of hydrogen-bond acceptors (Lipinski definition) is 8. The number of ether oxygens (including phenoxy) is 2. The fourth-order valence-electron chi connectivity index (χ4n) is 3.95. The topological polar surface area (TPSA) is 91.2 Å². The highest BCUT2D eigenvalue weighted by atomic mass is 32.2. The van der Waals surface area contributed by atoms with Crippen molar-refractivity contribution < 1.29 is 14.3 Å². The summed E-state index contributed by atoms with van der Waals surface area (Å²) in [5.74, 6) is 2.36. The average Bonchev–Trinajstić information content (AvgIpc) is 3.44. The fourth-order valence-corrected chi connectivity index (χ4v) is 5.54. The molecular weight excluding hydrogens is 446 g/mol. The molecule has 2 heterocycles. The van der Waals surface area contributed by atoms with Crippen LogP contribution in [-0.2, 0) is 4.79 Å². The van der Waals surface area contributed by atoms with Gasteiger partial charge in [0.25, 0.3) is 0 Å². The molecule has 32 heavy (non-hydrogen) atoms. The largest absolute Gasteiger partial charge is 0.493 e. The fraction of sp³-hybridized carbons (Fsp3) is 0.455. The molecule has 0 aliphatic heterocycles. The number of carbonyl (C=O) groups excluding carboxylic acids is 1. The van der Waals surface area contributed by atoms with Crippen LogP contribution in [0.3, 0.4) is 0 Å². The summed E-state index contributed by atoms with van der Waals surface area (Å²) in [4.78, 5) is 17.1. The first-order valence-corrected chi connectivity index (χ1v) is 12.5. The molecule has 170 valence electrons. The van der Waals surface area contributed by atoms with Gasteiger partial charge in [-0.3, -0.25) is 4.79 Å². The van der Waals surface area contributed by atoms with Gasteiger partial charge in [-0.15, -0.1) is 21.5 Å². The number of anilines is 1. The Kier molecular flexibility index (Phi) is 7.31. The number of nitrogens with zero attached hydrogens (tertiary/aromatic N) is 4. The maximum atomic E-state index is 12.6. The number of amides is 1. The van der Waals surface area contributed by atoms with E-state index in [4.69, 9.17) is 9.47 Å². The van der Waals surface area contributed by atoms with Crippen LogP contribution in [0, 0.1) is 6.92 Å². The van der Waals surface area contributed by atoms with Gasteiger partial charge in [0, 0.05) is 17.0 Å². The van der Waals surface area contributed by atoms with Gasteiger partial charge in [-0.05, 0) is 38.0 Å². The molecule has 1 amide bonds. The Labute approximate surface area is 195 Å². The Balaban J connectivity index is 1.37. The number of carbonyl (C=O) groups is 1. The number of thiazole rings is 1. The van der Waals surface area contributed by atoms with Crippen LogP contribution in [0.2, 0.25) is 0 Å². The monoisotopic (exact) mass is 473 g/mol. The number of benzene rings is 1. The van der Waals surface area contributed by atoms with Crippen molar-refractivity contribution in [3.8, 4) is 22.8 Å². The predicted molar refractivity (Wildman–Crippen MR) is 127 cm³/mol. The van der Waals surface area contributed by atoms with E-state index in [0.29, 0.717) is 22.7 Å². The van der Waals surface area contributed by atoms with Gasteiger partial charge >= 0.3 is 0 Å². The van der Waals surface area contributed by atoms with Crippen molar-refractivity contribution in [2.75, 3.05) is 25.3 Å². The Morgan fingerprint density at radius 1 is 1.19 bits per heavy atom. The molecule has 1 fully saturated rings. The first kappa shape index (κ1) is 22.6. The number of aryl methyl sites for hydroxylation is 1. The van der Waals surface area contributed by atoms with Crippen LogP contribution in [0.25, 0.3) is 11.3 Å². The molecule has 1 aromatic carbocycles. The van der Waals surface area contributed by atoms with Crippen molar-refractivity contribution in [1.82, 2.24) is 19.7 Å². The standard InChI is InChI=1S/C22H27N5O3S2/c1-14-25-26-22(27(14)16-7-5-4-6-8-16)32-13-20(28)24-21-23-17(12-31-21)15-9-10-18(29-2)19(11-15)30-3/h9-12,16H,4-8,13H2,1-3H3,(H,23,24,28). The van der Waals surface area contributed by atoms with Gasteiger partial charge in [-0.1, -0.05) is 31.0 Å². The Hall–Kier alpha value is -2.59. The minimum Gasteiger partial charge on any atom is -0.493 e. The smallest absolute Gasteiger partial charge is 0.236 e. The average molecular weight is 474 g/mol. The van der Waals surface area contributed by atoms with Crippen LogP contribution in [0.4, 0.5) is 5.13 Å². The predicted octanol–water partition coefficient (Wildman–Crippen LogP) is 4.96. The molecule has 4 rings (SSSR count). The third-order valence-corrected chi connectivity index (χ3v) is 7.24. The minimum atomic E-state index is -0.112. The lowest BCUT2D eigenvalue weighted by atomic mass is 9.95. The molecular formula is C22H27N5O3S2. The molecule has 0 radical (unpaired) electrons. The molecule has 0 bridgehead atoms. The minimum absolute atomic E-state index is 0.112. The number of nitrogens with one attached hydrogen (secondary N) is 1. The lowest BCUT2D eigenvalue weighted by Gasteiger charge is -2.24. The summed E-state index contributed by atoms with van der Waals surface area (Å²) in [6.45, 7) is 1.98. The first-order valence-electron chi connectivity index (χ1n) is 10.6. The van der Waals surface area contributed by atoms with Crippen molar-refractivity contribution in [2.45, 2.75) is 50.2 Å². The lowest BCUT2D eigenvalue weighted by Crippen LogP contribution is -2.17. The summed E-state index contributed by atoms with van der Waals surface area (Å²) in [6.07, 6.45) is 6.06. The zero-order valence-electron chi connectivity index (χ0n) is 18.5. The third kappa shape index (κ3) is 5.07. The molecule has 8 nitrogen and oxygen atoms in total. The second-order valence-electron chi connectivity index (χ2n) is 7.64. The summed E-state index contributed by atoms with van der Waals surface area (Å²) in [6, 6.07) is 6.06. The molecule has 2 aromatic heterocycles. The van der Waals surface area contributed by atoms with E-state index < -0.39 is 0 Å². The maximum absolute atomic E-state index is 12.6. The van der Waals surface area contributed by atoms with Gasteiger partial charge in [0.15, 0.2) is 21.8 Å². The van der Waals surface area contributed by atoms with E-state index in [1.165, 1.54) is 42.4 Å². The Morgan fingerprint density at radius 3 is 2.72 bits per heavy atom. The van der Waals surface area contributed by atoms with Gasteiger partial charge in [-0.25, -0.2) is 4.98 Å². The van der Waals surface area contributed by atoms with E-state index in [1.54, 1.807) is 14.2 Å². The molecule has 3 aromatic rings. The van der Waals surface area contributed by atoms with Crippen LogP contribution >= 0.6 is 23.1 Å². The lowest BCUT2D eigenvalue weighted by molar-refractivity contribution is -0.113. The number of rotatable bonds is 8. The SMILES string of the molecule is COc1ccc(-c2csc(NC(=O)CSc3nnc(C)n3C3CCCCC3)n2)cc1OC. The molecule has 1 N–H and O–H groups in total. The van der Waals surface area contributed by atoms with E-state index in [0.717, 1.165) is 35.1 Å². The second-order valence-corrected chi connectivity index (χ2v) is 9.44. The van der Waals surface area contributed by atoms with Crippen molar-refractivity contribution in [3.63, 3.8) is 0 Å². The van der Waals surface area contributed by atoms with Crippen molar-refractivity contribution in [3.05, 3.63) is 29.4 Å². The number of methoxy groups -OCH3 is 2. The molecule has 10 heteroatoms. The summed E-state index contributed by atoms with van der Waals surface area (Å²) >= 11 is 2.82. The van der Waals surface area contributed by atoms with Crippen LogP contribution in [0.5, 0.6) is 11.5 Å². The highest BCUT2D eigenvalue weighted by Gasteiger charge is 2.22. The van der Waals surface area contributed by atoms with Crippen molar-refractivity contribution >= 4 is 34.1 Å².